The number of rotatable bonds is 2. The Bertz CT molecular complexity index is 373. The second kappa shape index (κ2) is 3.93. The Labute approximate surface area is 74.2 Å². The number of Topliss-reactive ketones (excluding diaryl/α,β-unsaturated/α-hetero) is 1. The molecule has 0 fully saturated rings. The van der Waals surface area contributed by atoms with Gasteiger partial charge in [-0.05, 0) is 12.1 Å². The molecule has 0 atom stereocenters. The number of nitriles is 2. The smallest absolute Gasteiger partial charge is 0.214 e. The van der Waals surface area contributed by atoms with Gasteiger partial charge in [0.25, 0.3) is 0 Å². The summed E-state index contributed by atoms with van der Waals surface area (Å²) in [5.74, 6) is -1.91. The molecule has 0 unspecified atom stereocenters. The van der Waals surface area contributed by atoms with E-state index in [0.29, 0.717) is 0 Å². The normalized spacial score (nSPS) is 8.85. The van der Waals surface area contributed by atoms with E-state index in [1.807, 2.05) is 0 Å². The molecular weight excluding hydrogens is 168 g/mol. The molecule has 1 heterocycles. The molecule has 0 amide bonds. The fraction of sp³-hybridized carbons (Fsp3) is 0.125. The summed E-state index contributed by atoms with van der Waals surface area (Å²) in [6, 6.07) is 6.08. The van der Waals surface area contributed by atoms with Gasteiger partial charge in [0.1, 0.15) is 5.69 Å². The second-order valence-electron chi connectivity index (χ2n) is 2.16. The molecule has 0 aliphatic carbocycles. The summed E-state index contributed by atoms with van der Waals surface area (Å²) in [4.78, 5) is 11.3. The quantitative estimate of drug-likeness (QED) is 0.599. The maximum Gasteiger partial charge on any atom is 0.214 e. The molecule has 1 aromatic heterocycles. The van der Waals surface area contributed by atoms with E-state index in [0.717, 1.165) is 0 Å². The van der Waals surface area contributed by atoms with Crippen LogP contribution in [0.3, 0.4) is 0 Å². The van der Waals surface area contributed by atoms with Crippen LogP contribution in [0.4, 0.5) is 0 Å². The van der Waals surface area contributed by atoms with E-state index in [1.54, 1.807) is 12.1 Å². The third-order valence-electron chi connectivity index (χ3n) is 1.35. The van der Waals surface area contributed by atoms with Crippen LogP contribution in [-0.2, 0) is 0 Å². The van der Waals surface area contributed by atoms with Gasteiger partial charge in [-0.2, -0.15) is 15.6 Å². The lowest BCUT2D eigenvalue weighted by atomic mass is 10.1. The maximum atomic E-state index is 11.3. The first-order chi connectivity index (χ1) is 6.29. The van der Waals surface area contributed by atoms with E-state index in [4.69, 9.17) is 10.5 Å². The van der Waals surface area contributed by atoms with Crippen molar-refractivity contribution in [1.82, 2.24) is 10.2 Å². The molecule has 0 radical (unpaired) electrons. The molecule has 0 aromatic carbocycles. The first-order valence-corrected chi connectivity index (χ1v) is 3.40. The van der Waals surface area contributed by atoms with E-state index in [9.17, 15) is 4.79 Å². The van der Waals surface area contributed by atoms with Crippen molar-refractivity contribution in [3.05, 3.63) is 24.0 Å². The zero-order valence-corrected chi connectivity index (χ0v) is 6.51. The summed E-state index contributed by atoms with van der Waals surface area (Å²) in [6.45, 7) is 0. The molecule has 0 aliphatic rings. The van der Waals surface area contributed by atoms with Gasteiger partial charge < -0.3 is 0 Å². The van der Waals surface area contributed by atoms with Crippen LogP contribution in [0.5, 0.6) is 0 Å². The molecular formula is C8H4N4O. The van der Waals surface area contributed by atoms with E-state index in [-0.39, 0.29) is 5.69 Å². The van der Waals surface area contributed by atoms with Crippen LogP contribution in [-0.4, -0.2) is 16.0 Å². The van der Waals surface area contributed by atoms with Gasteiger partial charge in [-0.25, -0.2) is 0 Å². The minimum atomic E-state index is -1.29. The Balaban J connectivity index is 2.95. The van der Waals surface area contributed by atoms with E-state index < -0.39 is 11.7 Å². The minimum Gasteiger partial charge on any atom is -0.290 e. The van der Waals surface area contributed by atoms with Crippen LogP contribution in [0.1, 0.15) is 10.5 Å². The van der Waals surface area contributed by atoms with Crippen molar-refractivity contribution in [2.75, 3.05) is 0 Å². The van der Waals surface area contributed by atoms with Crippen LogP contribution in [0.15, 0.2) is 18.3 Å². The summed E-state index contributed by atoms with van der Waals surface area (Å²) < 4.78 is 0. The van der Waals surface area contributed by atoms with Crippen molar-refractivity contribution in [1.29, 1.82) is 10.5 Å². The molecule has 62 valence electrons. The standard InChI is InChI=1S/C8H4N4O/c9-4-6(5-10)8(13)7-2-1-3-11-12-7/h1-3,6H. The summed E-state index contributed by atoms with van der Waals surface area (Å²) >= 11 is 0. The van der Waals surface area contributed by atoms with E-state index >= 15 is 0 Å². The van der Waals surface area contributed by atoms with Crippen LogP contribution in [0, 0.1) is 28.6 Å². The molecule has 5 nitrogen and oxygen atoms in total. The predicted octanol–water partition coefficient (Wildman–Crippen LogP) is 0.323. The molecule has 0 spiro atoms. The van der Waals surface area contributed by atoms with Crippen LogP contribution < -0.4 is 0 Å². The fourth-order valence-electron chi connectivity index (χ4n) is 0.727. The van der Waals surface area contributed by atoms with Gasteiger partial charge in [-0.1, -0.05) is 0 Å². The van der Waals surface area contributed by atoms with Crippen LogP contribution in [0.25, 0.3) is 0 Å². The summed E-state index contributed by atoms with van der Waals surface area (Å²) in [5.41, 5.74) is 0.0376. The first kappa shape index (κ1) is 8.82. The molecule has 1 rings (SSSR count). The topological polar surface area (TPSA) is 90.4 Å². The van der Waals surface area contributed by atoms with E-state index in [2.05, 4.69) is 10.2 Å². The number of carbonyl (C=O) groups excluding carboxylic acids is 1. The highest BCUT2D eigenvalue weighted by atomic mass is 16.1. The highest BCUT2D eigenvalue weighted by molar-refractivity contribution is 5.99. The molecule has 5 heteroatoms. The number of hydrogen-bond acceptors (Lipinski definition) is 5. The predicted molar refractivity (Wildman–Crippen MR) is 41.1 cm³/mol. The number of nitrogens with zero attached hydrogens (tertiary/aromatic N) is 4. The molecule has 0 bridgehead atoms. The second-order valence-corrected chi connectivity index (χ2v) is 2.16. The lowest BCUT2D eigenvalue weighted by Gasteiger charge is -1.95. The number of ketones is 1. The monoisotopic (exact) mass is 172 g/mol. The Morgan fingerprint density at radius 1 is 1.46 bits per heavy atom. The zero-order chi connectivity index (χ0) is 9.68. The zero-order valence-electron chi connectivity index (χ0n) is 6.51. The average Bonchev–Trinajstić information content (AvgIpc) is 2.21. The fourth-order valence-corrected chi connectivity index (χ4v) is 0.727. The first-order valence-electron chi connectivity index (χ1n) is 3.40. The largest absolute Gasteiger partial charge is 0.290 e. The van der Waals surface area contributed by atoms with Crippen LogP contribution in [0.2, 0.25) is 0 Å². The Kier molecular flexibility index (Phi) is 2.67. The number of aromatic nitrogens is 2. The van der Waals surface area contributed by atoms with Crippen molar-refractivity contribution in [2.45, 2.75) is 0 Å². The lowest BCUT2D eigenvalue weighted by Crippen LogP contribution is -2.12. The van der Waals surface area contributed by atoms with Crippen molar-refractivity contribution in [2.24, 2.45) is 5.92 Å². The van der Waals surface area contributed by atoms with Gasteiger partial charge in [0.2, 0.25) is 5.78 Å². The van der Waals surface area contributed by atoms with Crippen LogP contribution >= 0.6 is 0 Å². The van der Waals surface area contributed by atoms with Gasteiger partial charge in [-0.3, -0.25) is 4.79 Å². The highest BCUT2D eigenvalue weighted by Gasteiger charge is 2.19. The Hall–Kier alpha value is -2.27. The summed E-state index contributed by atoms with van der Waals surface area (Å²) in [7, 11) is 0. The van der Waals surface area contributed by atoms with Gasteiger partial charge in [0, 0.05) is 6.20 Å². The Morgan fingerprint density at radius 3 is 2.62 bits per heavy atom. The molecule has 1 aromatic rings. The highest BCUT2D eigenvalue weighted by Crippen LogP contribution is 2.03. The molecule has 0 N–H and O–H groups in total. The number of hydrogen-bond donors (Lipinski definition) is 0. The Morgan fingerprint density at radius 2 is 2.15 bits per heavy atom. The van der Waals surface area contributed by atoms with Crippen molar-refractivity contribution in [3.63, 3.8) is 0 Å². The number of carbonyl (C=O) groups is 1. The molecule has 0 saturated heterocycles. The maximum absolute atomic E-state index is 11.3. The van der Waals surface area contributed by atoms with Gasteiger partial charge in [0.05, 0.1) is 12.1 Å². The molecule has 13 heavy (non-hydrogen) atoms. The molecule has 0 aliphatic heterocycles. The third-order valence-corrected chi connectivity index (χ3v) is 1.35. The van der Waals surface area contributed by atoms with Gasteiger partial charge in [0.15, 0.2) is 5.92 Å². The van der Waals surface area contributed by atoms with Gasteiger partial charge >= 0.3 is 0 Å². The minimum absolute atomic E-state index is 0.0376. The lowest BCUT2D eigenvalue weighted by molar-refractivity contribution is 0.0965. The van der Waals surface area contributed by atoms with Crippen molar-refractivity contribution >= 4 is 5.78 Å². The van der Waals surface area contributed by atoms with E-state index in [1.165, 1.54) is 18.3 Å². The average molecular weight is 172 g/mol. The van der Waals surface area contributed by atoms with Crippen molar-refractivity contribution in [3.8, 4) is 12.1 Å². The SMILES string of the molecule is N#CC(C#N)C(=O)c1cccnn1. The summed E-state index contributed by atoms with van der Waals surface area (Å²) in [5, 5.41) is 23.8. The molecule has 0 saturated carbocycles. The van der Waals surface area contributed by atoms with Gasteiger partial charge in [-0.15, -0.1) is 5.10 Å². The van der Waals surface area contributed by atoms with Crippen molar-refractivity contribution < 1.29 is 4.79 Å². The summed E-state index contributed by atoms with van der Waals surface area (Å²) in [6.07, 6.45) is 1.41. The third kappa shape index (κ3) is 1.85.